The van der Waals surface area contributed by atoms with Crippen molar-refractivity contribution < 1.29 is 9.59 Å². The van der Waals surface area contributed by atoms with Crippen LogP contribution < -0.4 is 11.5 Å². The third-order valence-electron chi connectivity index (χ3n) is 2.38. The second-order valence-corrected chi connectivity index (χ2v) is 3.75. The van der Waals surface area contributed by atoms with Gasteiger partial charge in [0.15, 0.2) is 0 Å². The molecule has 1 fully saturated rings. The molecule has 0 aliphatic carbocycles. The van der Waals surface area contributed by atoms with Gasteiger partial charge < -0.3 is 16.4 Å². The fourth-order valence-electron chi connectivity index (χ4n) is 1.62. The van der Waals surface area contributed by atoms with Crippen molar-refractivity contribution >= 4 is 24.4 Å². The van der Waals surface area contributed by atoms with Crippen molar-refractivity contribution in [2.24, 2.45) is 11.5 Å². The van der Waals surface area contributed by atoms with Crippen molar-refractivity contribution in [1.82, 2.24) is 4.90 Å². The zero-order valence-electron chi connectivity index (χ0n) is 7.85. The smallest absolute Gasteiger partial charge is 0.241 e. The first-order chi connectivity index (χ1) is 6.57. The highest BCUT2D eigenvalue weighted by molar-refractivity contribution is 7.80. The van der Waals surface area contributed by atoms with Gasteiger partial charge in [0.1, 0.15) is 6.04 Å². The summed E-state index contributed by atoms with van der Waals surface area (Å²) in [6.45, 7) is 0.563. The number of nitrogens with zero attached hydrogens (tertiary/aromatic N) is 1. The molecule has 2 atom stereocenters. The van der Waals surface area contributed by atoms with E-state index in [2.05, 4.69) is 12.6 Å². The minimum absolute atomic E-state index is 0.235. The summed E-state index contributed by atoms with van der Waals surface area (Å²) >= 11 is 3.94. The van der Waals surface area contributed by atoms with Crippen molar-refractivity contribution in [1.29, 1.82) is 0 Å². The first-order valence-corrected chi connectivity index (χ1v) is 5.17. The zero-order chi connectivity index (χ0) is 10.7. The molecule has 1 rings (SSSR count). The summed E-state index contributed by atoms with van der Waals surface area (Å²) in [6, 6.07) is -1.12. The maximum Gasteiger partial charge on any atom is 0.241 e. The van der Waals surface area contributed by atoms with E-state index in [9.17, 15) is 9.59 Å². The number of carbonyl (C=O) groups is 2. The third kappa shape index (κ3) is 2.19. The number of amides is 2. The van der Waals surface area contributed by atoms with Crippen molar-refractivity contribution in [3.8, 4) is 0 Å². The molecule has 14 heavy (non-hydrogen) atoms. The van der Waals surface area contributed by atoms with Gasteiger partial charge in [0.05, 0.1) is 6.04 Å². The maximum absolute atomic E-state index is 11.6. The highest BCUT2D eigenvalue weighted by atomic mass is 32.1. The Kier molecular flexibility index (Phi) is 3.77. The number of carbonyl (C=O) groups excluding carboxylic acids is 2. The van der Waals surface area contributed by atoms with Gasteiger partial charge in [-0.2, -0.15) is 12.6 Å². The van der Waals surface area contributed by atoms with E-state index >= 15 is 0 Å². The van der Waals surface area contributed by atoms with Gasteiger partial charge in [-0.15, -0.1) is 0 Å². The molecule has 0 spiro atoms. The lowest BCUT2D eigenvalue weighted by Gasteiger charge is -2.24. The fraction of sp³-hybridized carbons (Fsp3) is 0.750. The summed E-state index contributed by atoms with van der Waals surface area (Å²) in [5.74, 6) is -0.413. The van der Waals surface area contributed by atoms with Crippen LogP contribution in [0.3, 0.4) is 0 Å². The summed E-state index contributed by atoms with van der Waals surface area (Å²) in [4.78, 5) is 24.1. The molecule has 0 aromatic carbocycles. The highest BCUT2D eigenvalue weighted by Gasteiger charge is 2.34. The Morgan fingerprint density at radius 1 is 1.57 bits per heavy atom. The number of nitrogens with two attached hydrogens (primary N) is 2. The molecular weight excluding hydrogens is 202 g/mol. The first kappa shape index (κ1) is 11.3. The average Bonchev–Trinajstić information content (AvgIpc) is 2.63. The Balaban J connectivity index is 2.67. The molecule has 6 heteroatoms. The van der Waals surface area contributed by atoms with Gasteiger partial charge >= 0.3 is 0 Å². The number of rotatable bonds is 3. The Labute approximate surface area is 88.2 Å². The summed E-state index contributed by atoms with van der Waals surface area (Å²) in [7, 11) is 0. The number of likely N-dealkylation sites (tertiary alicyclic amines) is 1. The van der Waals surface area contributed by atoms with Crippen molar-refractivity contribution in [2.75, 3.05) is 12.3 Å². The molecule has 0 saturated carbocycles. The standard InChI is InChI=1S/C8H15N3O2S/c9-5(4-14)8(13)11-3-1-2-6(11)7(10)12/h5-6,14H,1-4,9H2,(H2,10,12). The number of hydrogen-bond donors (Lipinski definition) is 3. The zero-order valence-corrected chi connectivity index (χ0v) is 8.74. The van der Waals surface area contributed by atoms with Crippen LogP contribution in [0.4, 0.5) is 0 Å². The topological polar surface area (TPSA) is 89.4 Å². The third-order valence-corrected chi connectivity index (χ3v) is 2.77. The van der Waals surface area contributed by atoms with Crippen LogP contribution in [-0.4, -0.2) is 41.1 Å². The summed E-state index contributed by atoms with van der Waals surface area (Å²) < 4.78 is 0. The van der Waals surface area contributed by atoms with E-state index < -0.39 is 18.0 Å². The van der Waals surface area contributed by atoms with Crippen LogP contribution in [-0.2, 0) is 9.59 Å². The van der Waals surface area contributed by atoms with Gasteiger partial charge in [0, 0.05) is 12.3 Å². The minimum Gasteiger partial charge on any atom is -0.368 e. The Hall–Kier alpha value is -0.750. The molecule has 1 heterocycles. The lowest BCUT2D eigenvalue weighted by molar-refractivity contribution is -0.137. The van der Waals surface area contributed by atoms with E-state index in [0.29, 0.717) is 13.0 Å². The number of thiol groups is 1. The van der Waals surface area contributed by atoms with Crippen molar-refractivity contribution in [2.45, 2.75) is 24.9 Å². The van der Waals surface area contributed by atoms with Crippen LogP contribution in [0.5, 0.6) is 0 Å². The van der Waals surface area contributed by atoms with Gasteiger partial charge in [-0.05, 0) is 12.8 Å². The minimum atomic E-state index is -0.640. The number of hydrogen-bond acceptors (Lipinski definition) is 4. The average molecular weight is 217 g/mol. The van der Waals surface area contributed by atoms with E-state index in [0.717, 1.165) is 6.42 Å². The quantitative estimate of drug-likeness (QED) is 0.514. The molecule has 1 aliphatic heterocycles. The molecule has 80 valence electrons. The predicted molar refractivity (Wildman–Crippen MR) is 55.8 cm³/mol. The van der Waals surface area contributed by atoms with E-state index in [1.165, 1.54) is 4.90 Å². The van der Waals surface area contributed by atoms with Gasteiger partial charge in [-0.1, -0.05) is 0 Å². The van der Waals surface area contributed by atoms with E-state index in [1.807, 2.05) is 0 Å². The van der Waals surface area contributed by atoms with Gasteiger partial charge in [0.25, 0.3) is 0 Å². The molecule has 1 aliphatic rings. The SMILES string of the molecule is NC(=O)C1CCCN1C(=O)C(N)CS. The summed E-state index contributed by atoms with van der Waals surface area (Å²) in [5.41, 5.74) is 10.7. The highest BCUT2D eigenvalue weighted by Crippen LogP contribution is 2.17. The summed E-state index contributed by atoms with van der Waals surface area (Å²) in [5, 5.41) is 0. The van der Waals surface area contributed by atoms with E-state index in [-0.39, 0.29) is 11.7 Å². The molecule has 0 radical (unpaired) electrons. The van der Waals surface area contributed by atoms with Crippen LogP contribution in [0, 0.1) is 0 Å². The lowest BCUT2D eigenvalue weighted by Crippen LogP contribution is -2.50. The van der Waals surface area contributed by atoms with Crippen LogP contribution in [0.25, 0.3) is 0 Å². The fourth-order valence-corrected chi connectivity index (χ4v) is 1.77. The van der Waals surface area contributed by atoms with Crippen LogP contribution in [0.15, 0.2) is 0 Å². The molecule has 0 aromatic heterocycles. The van der Waals surface area contributed by atoms with Crippen LogP contribution in [0.2, 0.25) is 0 Å². The second kappa shape index (κ2) is 4.65. The van der Waals surface area contributed by atoms with Crippen molar-refractivity contribution in [3.63, 3.8) is 0 Å². The van der Waals surface area contributed by atoms with Gasteiger partial charge in [-0.3, -0.25) is 9.59 Å². The molecular formula is C8H15N3O2S. The Morgan fingerprint density at radius 2 is 2.21 bits per heavy atom. The Morgan fingerprint density at radius 3 is 2.71 bits per heavy atom. The molecule has 0 bridgehead atoms. The van der Waals surface area contributed by atoms with Gasteiger partial charge in [0.2, 0.25) is 11.8 Å². The van der Waals surface area contributed by atoms with Crippen LogP contribution >= 0.6 is 12.6 Å². The summed E-state index contributed by atoms with van der Waals surface area (Å²) in [6.07, 6.45) is 1.44. The predicted octanol–water partition coefficient (Wildman–Crippen LogP) is -1.28. The van der Waals surface area contributed by atoms with Gasteiger partial charge in [-0.25, -0.2) is 0 Å². The van der Waals surface area contributed by atoms with E-state index in [1.54, 1.807) is 0 Å². The molecule has 2 amide bonds. The molecule has 0 aromatic rings. The molecule has 1 saturated heterocycles. The lowest BCUT2D eigenvalue weighted by atomic mass is 10.2. The first-order valence-electron chi connectivity index (χ1n) is 4.54. The Bertz CT molecular complexity index is 247. The van der Waals surface area contributed by atoms with E-state index in [4.69, 9.17) is 11.5 Å². The second-order valence-electron chi connectivity index (χ2n) is 3.38. The number of primary amides is 1. The molecule has 5 nitrogen and oxygen atoms in total. The maximum atomic E-state index is 11.6. The normalized spacial score (nSPS) is 23.6. The molecule has 2 unspecified atom stereocenters. The van der Waals surface area contributed by atoms with Crippen molar-refractivity contribution in [3.05, 3.63) is 0 Å². The largest absolute Gasteiger partial charge is 0.368 e. The monoisotopic (exact) mass is 217 g/mol. The van der Waals surface area contributed by atoms with Crippen LogP contribution in [0.1, 0.15) is 12.8 Å². The molecule has 4 N–H and O–H groups in total.